The van der Waals surface area contributed by atoms with E-state index in [-0.39, 0.29) is 0 Å². The summed E-state index contributed by atoms with van der Waals surface area (Å²) in [5.41, 5.74) is 8.29. The fraction of sp³-hybridized carbons (Fsp3) is 0.625. The van der Waals surface area contributed by atoms with Crippen molar-refractivity contribution in [1.82, 2.24) is 4.90 Å². The first-order valence-electron chi connectivity index (χ1n) is 7.35. The van der Waals surface area contributed by atoms with Crippen LogP contribution in [-0.4, -0.2) is 37.2 Å². The van der Waals surface area contributed by atoms with Gasteiger partial charge in [-0.3, -0.25) is 4.90 Å². The van der Waals surface area contributed by atoms with Crippen LogP contribution in [0.5, 0.6) is 5.75 Å². The Hall–Kier alpha value is -1.06. The Morgan fingerprint density at radius 3 is 2.95 bits per heavy atom. The van der Waals surface area contributed by atoms with Gasteiger partial charge in [0.05, 0.1) is 0 Å². The minimum atomic E-state index is 0.552. The van der Waals surface area contributed by atoms with E-state index >= 15 is 0 Å². The Balaban J connectivity index is 1.83. The van der Waals surface area contributed by atoms with Gasteiger partial charge in [-0.05, 0) is 50.4 Å². The van der Waals surface area contributed by atoms with E-state index in [4.69, 9.17) is 10.5 Å². The third kappa shape index (κ3) is 3.95. The van der Waals surface area contributed by atoms with Gasteiger partial charge in [0.25, 0.3) is 0 Å². The second-order valence-electron chi connectivity index (χ2n) is 5.54. The van der Waals surface area contributed by atoms with Gasteiger partial charge in [-0.2, -0.15) is 0 Å². The summed E-state index contributed by atoms with van der Waals surface area (Å²) in [6, 6.07) is 6.91. The number of hydrogen-bond acceptors (Lipinski definition) is 3. The van der Waals surface area contributed by atoms with E-state index in [9.17, 15) is 0 Å². The third-order valence-electron chi connectivity index (χ3n) is 4.00. The summed E-state index contributed by atoms with van der Waals surface area (Å²) in [6.07, 6.45) is 3.84. The van der Waals surface area contributed by atoms with Crippen molar-refractivity contribution in [3.05, 3.63) is 29.3 Å². The van der Waals surface area contributed by atoms with Crippen molar-refractivity contribution < 1.29 is 4.74 Å². The molecule has 0 amide bonds. The number of aryl methyl sites for hydroxylation is 2. The number of nitrogens with zero attached hydrogens (tertiary/aromatic N) is 1. The smallest absolute Gasteiger partial charge is 0.122 e. The van der Waals surface area contributed by atoms with Gasteiger partial charge in [-0.15, -0.1) is 0 Å². The maximum atomic E-state index is 5.93. The Morgan fingerprint density at radius 2 is 2.16 bits per heavy atom. The predicted octanol–water partition coefficient (Wildman–Crippen LogP) is 2.50. The van der Waals surface area contributed by atoms with Gasteiger partial charge in [0.2, 0.25) is 0 Å². The standard InChI is InChI=1S/C16H26N2O/c1-13-6-7-14(2)16(11-13)19-10-9-18-8-4-3-5-15(18)12-17/h6-7,11,15H,3-5,8-10,12,17H2,1-2H3. The second-order valence-corrected chi connectivity index (χ2v) is 5.54. The molecular weight excluding hydrogens is 236 g/mol. The molecule has 3 nitrogen and oxygen atoms in total. The Labute approximate surface area is 116 Å². The van der Waals surface area contributed by atoms with Crippen LogP contribution in [0.4, 0.5) is 0 Å². The van der Waals surface area contributed by atoms with E-state index in [1.54, 1.807) is 0 Å². The predicted molar refractivity (Wildman–Crippen MR) is 79.7 cm³/mol. The first kappa shape index (κ1) is 14.4. The molecule has 0 aromatic heterocycles. The second kappa shape index (κ2) is 6.92. The lowest BCUT2D eigenvalue weighted by Crippen LogP contribution is -2.45. The van der Waals surface area contributed by atoms with Gasteiger partial charge < -0.3 is 10.5 Å². The van der Waals surface area contributed by atoms with Gasteiger partial charge in [-0.25, -0.2) is 0 Å². The average molecular weight is 262 g/mol. The van der Waals surface area contributed by atoms with Crippen LogP contribution in [-0.2, 0) is 0 Å². The zero-order valence-corrected chi connectivity index (χ0v) is 12.2. The number of benzene rings is 1. The topological polar surface area (TPSA) is 38.5 Å². The van der Waals surface area contributed by atoms with Gasteiger partial charge >= 0.3 is 0 Å². The summed E-state index contributed by atoms with van der Waals surface area (Å²) in [5, 5.41) is 0. The van der Waals surface area contributed by atoms with Gasteiger partial charge in [-0.1, -0.05) is 18.6 Å². The number of nitrogens with two attached hydrogens (primary N) is 1. The van der Waals surface area contributed by atoms with Crippen LogP contribution in [0.1, 0.15) is 30.4 Å². The highest BCUT2D eigenvalue weighted by molar-refractivity contribution is 5.35. The Kier molecular flexibility index (Phi) is 5.23. The molecule has 0 aliphatic carbocycles. The Bertz CT molecular complexity index is 406. The van der Waals surface area contributed by atoms with Crippen LogP contribution in [0.2, 0.25) is 0 Å². The summed E-state index contributed by atoms with van der Waals surface area (Å²) >= 11 is 0. The number of ether oxygens (including phenoxy) is 1. The molecule has 0 bridgehead atoms. The van der Waals surface area contributed by atoms with E-state index in [0.717, 1.165) is 32.0 Å². The zero-order chi connectivity index (χ0) is 13.7. The van der Waals surface area contributed by atoms with E-state index in [1.165, 1.54) is 30.4 Å². The van der Waals surface area contributed by atoms with Crippen molar-refractivity contribution in [3.63, 3.8) is 0 Å². The van der Waals surface area contributed by atoms with Crippen LogP contribution in [0.3, 0.4) is 0 Å². The zero-order valence-electron chi connectivity index (χ0n) is 12.2. The third-order valence-corrected chi connectivity index (χ3v) is 4.00. The first-order chi connectivity index (χ1) is 9.20. The number of piperidine rings is 1. The minimum absolute atomic E-state index is 0.552. The van der Waals surface area contributed by atoms with Crippen LogP contribution >= 0.6 is 0 Å². The molecule has 1 unspecified atom stereocenters. The molecule has 0 saturated carbocycles. The van der Waals surface area contributed by atoms with Gasteiger partial charge in [0.1, 0.15) is 12.4 Å². The molecule has 1 heterocycles. The van der Waals surface area contributed by atoms with Gasteiger partial charge in [0.15, 0.2) is 0 Å². The number of rotatable bonds is 5. The summed E-state index contributed by atoms with van der Waals surface area (Å²) < 4.78 is 5.93. The molecule has 1 fully saturated rings. The molecular formula is C16H26N2O. The highest BCUT2D eigenvalue weighted by Gasteiger charge is 2.20. The van der Waals surface area contributed by atoms with E-state index in [0.29, 0.717) is 6.04 Å². The minimum Gasteiger partial charge on any atom is -0.492 e. The highest BCUT2D eigenvalue weighted by atomic mass is 16.5. The molecule has 2 N–H and O–H groups in total. The van der Waals surface area contributed by atoms with Crippen molar-refractivity contribution in [2.45, 2.75) is 39.2 Å². The monoisotopic (exact) mass is 262 g/mol. The van der Waals surface area contributed by atoms with Crippen LogP contribution in [0.15, 0.2) is 18.2 Å². The normalized spacial score (nSPS) is 20.5. The summed E-state index contributed by atoms with van der Waals surface area (Å²) in [6.45, 7) is 7.86. The molecule has 3 heteroatoms. The maximum Gasteiger partial charge on any atom is 0.122 e. The van der Waals surface area contributed by atoms with Crippen LogP contribution in [0, 0.1) is 13.8 Å². The van der Waals surface area contributed by atoms with Crippen molar-refractivity contribution in [2.24, 2.45) is 5.73 Å². The van der Waals surface area contributed by atoms with E-state index in [2.05, 4.69) is 36.9 Å². The van der Waals surface area contributed by atoms with Crippen LogP contribution < -0.4 is 10.5 Å². The molecule has 1 atom stereocenters. The molecule has 1 aromatic carbocycles. The largest absolute Gasteiger partial charge is 0.492 e. The molecule has 0 spiro atoms. The average Bonchev–Trinajstić information content (AvgIpc) is 2.43. The Morgan fingerprint density at radius 1 is 1.32 bits per heavy atom. The van der Waals surface area contributed by atoms with Crippen molar-refractivity contribution in [2.75, 3.05) is 26.2 Å². The van der Waals surface area contributed by atoms with Crippen molar-refractivity contribution in [3.8, 4) is 5.75 Å². The lowest BCUT2D eigenvalue weighted by Gasteiger charge is -2.34. The lowest BCUT2D eigenvalue weighted by molar-refractivity contribution is 0.127. The summed E-state index contributed by atoms with van der Waals surface area (Å²) in [7, 11) is 0. The number of hydrogen-bond donors (Lipinski definition) is 1. The highest BCUT2D eigenvalue weighted by Crippen LogP contribution is 2.20. The fourth-order valence-electron chi connectivity index (χ4n) is 2.76. The maximum absolute atomic E-state index is 5.93. The van der Waals surface area contributed by atoms with E-state index < -0.39 is 0 Å². The summed E-state index contributed by atoms with van der Waals surface area (Å²) in [5.74, 6) is 1.02. The molecule has 1 aromatic rings. The van der Waals surface area contributed by atoms with Crippen LogP contribution in [0.25, 0.3) is 0 Å². The number of likely N-dealkylation sites (tertiary alicyclic amines) is 1. The lowest BCUT2D eigenvalue weighted by atomic mass is 10.0. The molecule has 2 rings (SSSR count). The van der Waals surface area contributed by atoms with E-state index in [1.807, 2.05) is 0 Å². The molecule has 1 aliphatic rings. The van der Waals surface area contributed by atoms with Crippen molar-refractivity contribution >= 4 is 0 Å². The van der Waals surface area contributed by atoms with Crippen molar-refractivity contribution in [1.29, 1.82) is 0 Å². The molecule has 19 heavy (non-hydrogen) atoms. The molecule has 1 saturated heterocycles. The van der Waals surface area contributed by atoms with Gasteiger partial charge in [0, 0.05) is 19.1 Å². The first-order valence-corrected chi connectivity index (χ1v) is 7.35. The quantitative estimate of drug-likeness (QED) is 0.886. The molecule has 0 radical (unpaired) electrons. The SMILES string of the molecule is Cc1ccc(C)c(OCCN2CCCCC2CN)c1. The molecule has 106 valence electrons. The summed E-state index contributed by atoms with van der Waals surface area (Å²) in [4.78, 5) is 2.48. The fourth-order valence-corrected chi connectivity index (χ4v) is 2.76. The molecule has 1 aliphatic heterocycles.